The molecule has 9 rings (SSSR count). The Labute approximate surface area is 469 Å². The third kappa shape index (κ3) is 11.0. The molecule has 418 valence electrons. The molecule has 2 fully saturated rings. The Hall–Kier alpha value is -7.21. The number of aliphatic hydroxyl groups is 1. The molecule has 0 aliphatic carbocycles. The molecule has 26 heteroatoms. The van der Waals surface area contributed by atoms with E-state index in [4.69, 9.17) is 46.7 Å². The van der Waals surface area contributed by atoms with E-state index < -0.39 is 112 Å². The first-order chi connectivity index (χ1) is 37.3. The summed E-state index contributed by atoms with van der Waals surface area (Å²) in [6, 6.07) is 12.1. The van der Waals surface area contributed by atoms with Crippen molar-refractivity contribution in [3.8, 4) is 23.0 Å². The topological polar surface area (TPSA) is 335 Å². The lowest BCUT2D eigenvalue weighted by Crippen LogP contribution is -2.65. The second-order valence-electron chi connectivity index (χ2n) is 19.8. The van der Waals surface area contributed by atoms with Gasteiger partial charge in [-0.3, -0.25) is 9.59 Å². The van der Waals surface area contributed by atoms with Crippen molar-refractivity contribution < 1.29 is 81.2 Å². The van der Waals surface area contributed by atoms with Crippen LogP contribution in [0.25, 0.3) is 21.9 Å². The number of benzene rings is 2. The first kappa shape index (κ1) is 56.5. The van der Waals surface area contributed by atoms with Gasteiger partial charge in [-0.05, 0) is 141 Å². The summed E-state index contributed by atoms with van der Waals surface area (Å²) in [4.78, 5) is 89.0. The number of aromatic amines is 3. The molecule has 2 aliphatic heterocycles. The Bertz CT molecular complexity index is 3690. The molecule has 5 aromatic heterocycles. The number of halogens is 2. The Balaban J connectivity index is 0.898. The Kier molecular flexibility index (Phi) is 15.6. The molecule has 0 saturated carbocycles. The van der Waals surface area contributed by atoms with Gasteiger partial charge in [-0.1, -0.05) is 0 Å². The molecule has 2 aliphatic rings. The van der Waals surface area contributed by atoms with Crippen molar-refractivity contribution in [3.63, 3.8) is 0 Å². The van der Waals surface area contributed by atoms with E-state index in [0.717, 1.165) is 11.9 Å². The molecule has 79 heavy (non-hydrogen) atoms. The fraction of sp³-hybridized carbons (Fsp3) is 0.358. The van der Waals surface area contributed by atoms with Crippen LogP contribution in [0.4, 0.5) is 11.4 Å². The van der Waals surface area contributed by atoms with Crippen LogP contribution in [0.5, 0.6) is 23.0 Å². The third-order valence-electron chi connectivity index (χ3n) is 13.5. The van der Waals surface area contributed by atoms with E-state index in [1.807, 2.05) is 22.6 Å². The second-order valence-corrected chi connectivity index (χ2v) is 21.7. The fourth-order valence-corrected chi connectivity index (χ4v) is 10.9. The number of rotatable bonds is 14. The Morgan fingerprint density at radius 2 is 1.33 bits per heavy atom. The van der Waals surface area contributed by atoms with E-state index in [2.05, 4.69) is 41.5 Å². The molecule has 3 unspecified atom stereocenters. The number of aromatic nitrogens is 3. The minimum absolute atomic E-state index is 0.0196. The molecule has 7 heterocycles. The second kappa shape index (κ2) is 21.8. The summed E-state index contributed by atoms with van der Waals surface area (Å²) in [5.41, 5.74) is -4.54. The average Bonchev–Trinajstić information content (AvgIpc) is 4.25. The van der Waals surface area contributed by atoms with E-state index in [1.54, 1.807) is 59.7 Å². The highest BCUT2D eigenvalue weighted by Crippen LogP contribution is 2.42. The highest BCUT2D eigenvalue weighted by atomic mass is 127. The number of carbonyl (C=O) groups is 4. The van der Waals surface area contributed by atoms with E-state index in [9.17, 15) is 44.1 Å². The highest BCUT2D eigenvalue weighted by molar-refractivity contribution is 14.1. The van der Waals surface area contributed by atoms with Gasteiger partial charge in [-0.25, -0.2) is 19.2 Å². The number of hydrogen-bond donors (Lipinski definition) is 8. The number of anilines is 2. The number of nitrogens with one attached hydrogen (secondary N) is 5. The Morgan fingerprint density at radius 1 is 0.747 bits per heavy atom. The molecular formula is C53H53BrIN5O19. The van der Waals surface area contributed by atoms with Crippen LogP contribution in [0.3, 0.4) is 0 Å². The lowest BCUT2D eigenvalue weighted by atomic mass is 9.89. The van der Waals surface area contributed by atoms with Crippen LogP contribution in [-0.4, -0.2) is 123 Å². The standard InChI is InChI=1S/C53H53BrIN5O19/c1-20-10-13-28(57-20)47(66)74-31-18-32(78-52(4,5)43(31)70-8)73-30-15-12-24-37(61)35(50(69)76-41(24)33(30)55)60-46(65)34-22(3)26(19-56-34)45(64)59-36-38(62)25-16-23(17-27(54)40(25)75-49(36)68)72-51-39(63)42(44(71-9)53(6,7)79-51)77-48(67)29-14-11-21(2)58-29/h10-17,19,31-32,39,42-44,51,56-58,61-63H,18H2,1-9H3,(H,59,64)(H,60,65)/t31?,32-,39?,42?,43-,44-,51-/m1/s1. The average molecular weight is 1270 g/mol. The number of aliphatic hydroxyl groups excluding tert-OH is 1. The van der Waals surface area contributed by atoms with Crippen molar-refractivity contribution in [2.24, 2.45) is 0 Å². The third-order valence-corrected chi connectivity index (χ3v) is 15.1. The number of methoxy groups -OCH3 is 2. The van der Waals surface area contributed by atoms with Crippen molar-refractivity contribution in [2.75, 3.05) is 24.9 Å². The number of hydrogen-bond acceptors (Lipinski definition) is 19. The quantitative estimate of drug-likeness (QED) is 0.0299. The van der Waals surface area contributed by atoms with Gasteiger partial charge in [0.2, 0.25) is 12.6 Å². The van der Waals surface area contributed by atoms with Crippen LogP contribution in [0.2, 0.25) is 0 Å². The number of ether oxygens (including phenoxy) is 8. The van der Waals surface area contributed by atoms with Crippen LogP contribution < -0.4 is 31.4 Å². The lowest BCUT2D eigenvalue weighted by Gasteiger charge is -2.47. The van der Waals surface area contributed by atoms with Gasteiger partial charge in [0, 0.05) is 38.2 Å². The number of aromatic hydroxyl groups is 2. The van der Waals surface area contributed by atoms with Gasteiger partial charge in [0.15, 0.2) is 46.2 Å². The largest absolute Gasteiger partial charge is 0.505 e. The highest BCUT2D eigenvalue weighted by Gasteiger charge is 2.53. The summed E-state index contributed by atoms with van der Waals surface area (Å²) in [7, 11) is 2.85. The monoisotopic (exact) mass is 1270 g/mol. The summed E-state index contributed by atoms with van der Waals surface area (Å²) in [5.74, 6) is -4.54. The first-order valence-corrected chi connectivity index (χ1v) is 26.1. The molecule has 2 amide bonds. The van der Waals surface area contributed by atoms with Crippen LogP contribution in [-0.2, 0) is 28.4 Å². The SMILES string of the molecule is CO[C@@H]1C(OC(=O)c2ccc(C)[nH]2)C[C@H](Oc2ccc3c(O)c(NC(=O)c4[nH]cc(C(=O)Nc5c(O)c6cc(O[C@@H]7OC(C)(C)[C@H](OC)C(OC(=O)c8ccc(C)[nH]8)C7O)cc(Br)c6oc5=O)c4C)c(=O)oc3c2I)OC1(C)C. The number of H-pyrrole nitrogens is 3. The molecule has 8 N–H and O–H groups in total. The van der Waals surface area contributed by atoms with Gasteiger partial charge in [-0.2, -0.15) is 0 Å². The molecule has 0 spiro atoms. The lowest BCUT2D eigenvalue weighted by molar-refractivity contribution is -0.305. The molecule has 2 saturated heterocycles. The normalized spacial score (nSPS) is 21.6. The number of amides is 2. The van der Waals surface area contributed by atoms with Crippen molar-refractivity contribution in [1.29, 1.82) is 0 Å². The van der Waals surface area contributed by atoms with Crippen LogP contribution in [0.15, 0.2) is 77.6 Å². The summed E-state index contributed by atoms with van der Waals surface area (Å²) in [5, 5.41) is 39.0. The Morgan fingerprint density at radius 3 is 1.94 bits per heavy atom. The number of esters is 2. The zero-order chi connectivity index (χ0) is 57.2. The van der Waals surface area contributed by atoms with Gasteiger partial charge < -0.3 is 87.6 Å². The van der Waals surface area contributed by atoms with Crippen molar-refractivity contribution >= 4 is 95.6 Å². The fourth-order valence-electron chi connectivity index (χ4n) is 9.68. The molecule has 7 aromatic rings. The van der Waals surface area contributed by atoms with Crippen molar-refractivity contribution in [3.05, 3.63) is 123 Å². The zero-order valence-electron chi connectivity index (χ0n) is 43.6. The van der Waals surface area contributed by atoms with Gasteiger partial charge in [-0.15, -0.1) is 0 Å². The molecular weight excluding hydrogens is 1220 g/mol. The van der Waals surface area contributed by atoms with E-state index in [1.165, 1.54) is 51.5 Å². The number of fused-ring (bicyclic) bond motifs is 2. The van der Waals surface area contributed by atoms with E-state index in [-0.39, 0.29) is 76.1 Å². The summed E-state index contributed by atoms with van der Waals surface area (Å²) < 4.78 is 59.1. The van der Waals surface area contributed by atoms with Crippen molar-refractivity contribution in [1.82, 2.24) is 15.0 Å². The number of aryl methyl sites for hydroxylation is 2. The van der Waals surface area contributed by atoms with Crippen molar-refractivity contribution in [2.45, 2.75) is 109 Å². The molecule has 0 bridgehead atoms. The zero-order valence-corrected chi connectivity index (χ0v) is 47.3. The maximum atomic E-state index is 13.8. The van der Waals surface area contributed by atoms with Crippen LogP contribution in [0.1, 0.15) is 92.9 Å². The summed E-state index contributed by atoms with van der Waals surface area (Å²) >= 11 is 5.19. The number of carbonyl (C=O) groups excluding carboxylic acids is 4. The summed E-state index contributed by atoms with van der Waals surface area (Å²) in [6.45, 7) is 11.8. The minimum atomic E-state index is -1.62. The summed E-state index contributed by atoms with van der Waals surface area (Å²) in [6.07, 6.45) is -6.59. The maximum absolute atomic E-state index is 13.8. The van der Waals surface area contributed by atoms with E-state index in [0.29, 0.717) is 5.69 Å². The van der Waals surface area contributed by atoms with Gasteiger partial charge >= 0.3 is 23.2 Å². The van der Waals surface area contributed by atoms with Crippen LogP contribution in [0, 0.1) is 24.3 Å². The molecule has 7 atom stereocenters. The predicted molar refractivity (Wildman–Crippen MR) is 291 cm³/mol. The minimum Gasteiger partial charge on any atom is -0.505 e. The predicted octanol–water partition coefficient (Wildman–Crippen LogP) is 7.35. The molecule has 2 aromatic carbocycles. The molecule has 0 radical (unpaired) electrons. The van der Waals surface area contributed by atoms with Gasteiger partial charge in [0.05, 0.1) is 35.6 Å². The first-order valence-electron chi connectivity index (χ1n) is 24.2. The van der Waals surface area contributed by atoms with E-state index >= 15 is 0 Å². The molecule has 24 nitrogen and oxygen atoms in total. The van der Waals surface area contributed by atoms with Gasteiger partial charge in [0.1, 0.15) is 46.9 Å². The van der Waals surface area contributed by atoms with Crippen LogP contribution >= 0.6 is 38.5 Å². The smallest absolute Gasteiger partial charge is 0.364 e. The van der Waals surface area contributed by atoms with Gasteiger partial charge in [0.25, 0.3) is 11.8 Å². The maximum Gasteiger partial charge on any atom is 0.364 e.